The van der Waals surface area contributed by atoms with Gasteiger partial charge in [0.1, 0.15) is 12.1 Å². The molecule has 0 aromatic rings. The van der Waals surface area contributed by atoms with Crippen LogP contribution in [0.15, 0.2) is 0 Å². The number of methoxy groups -OCH3 is 1. The maximum absolute atomic E-state index is 14.2. The number of aliphatic hydroxyl groups excluding tert-OH is 2. The smallest absolute Gasteiger partial charge is 0.240 e. The molecule has 13 nitrogen and oxygen atoms in total. The summed E-state index contributed by atoms with van der Waals surface area (Å²) in [5.74, 6) is 0.202. The molecule has 1 heterocycles. The molecule has 0 aromatic carbocycles. The van der Waals surface area contributed by atoms with Crippen molar-refractivity contribution in [1.82, 2.24) is 20.6 Å². The SMILES string of the molecule is COC1C(CN2O[C@@H](CO)[C@H]([C@H](C)O)[C@H]2C(=O)N[C@H]2C[C@H]3C[C@@H]([C@@H]2C)C3(C)C)CCCC1C1CC(C(=O)N[C@H](CN(C)C)C(C)C)CC([N+](=O)[O-])C1. The topological polar surface area (TPSA) is 167 Å². The lowest BCUT2D eigenvalue weighted by molar-refractivity contribution is -0.529. The predicted octanol–water partition coefficient (Wildman–Crippen LogP) is 3.34. The van der Waals surface area contributed by atoms with Gasteiger partial charge in [-0.05, 0) is 94.0 Å². The van der Waals surface area contributed by atoms with E-state index in [1.54, 1.807) is 19.1 Å². The Morgan fingerprint density at radius 3 is 2.37 bits per heavy atom. The average Bonchev–Trinajstić information content (AvgIpc) is 3.46. The van der Waals surface area contributed by atoms with Crippen LogP contribution in [0.5, 0.6) is 0 Å². The van der Waals surface area contributed by atoms with Crippen molar-refractivity contribution in [3.05, 3.63) is 10.1 Å². The van der Waals surface area contributed by atoms with Crippen LogP contribution < -0.4 is 10.6 Å². The van der Waals surface area contributed by atoms with Crippen molar-refractivity contribution in [1.29, 1.82) is 0 Å². The van der Waals surface area contributed by atoms with E-state index in [0.29, 0.717) is 43.7 Å². The normalized spacial score (nSPS) is 40.2. The first-order valence-electron chi connectivity index (χ1n) is 20.1. The molecule has 6 rings (SSSR count). The van der Waals surface area contributed by atoms with Crippen molar-refractivity contribution < 1.29 is 34.3 Å². The van der Waals surface area contributed by atoms with Gasteiger partial charge in [0.25, 0.3) is 0 Å². The number of nitrogens with one attached hydrogen (secondary N) is 2. The Bertz CT molecular complexity index is 1250. The molecule has 5 aliphatic carbocycles. The lowest BCUT2D eigenvalue weighted by atomic mass is 9.45. The Balaban J connectivity index is 1.32. The Morgan fingerprint density at radius 1 is 1.10 bits per heavy atom. The predicted molar refractivity (Wildman–Crippen MR) is 197 cm³/mol. The van der Waals surface area contributed by atoms with Gasteiger partial charge in [0.05, 0.1) is 18.8 Å². The van der Waals surface area contributed by atoms with Crippen molar-refractivity contribution in [2.75, 3.05) is 40.9 Å². The van der Waals surface area contributed by atoms with E-state index < -0.39 is 36.1 Å². The largest absolute Gasteiger partial charge is 0.394 e. The van der Waals surface area contributed by atoms with Crippen molar-refractivity contribution in [3.63, 3.8) is 0 Å². The number of aliphatic hydroxyl groups is 2. The van der Waals surface area contributed by atoms with E-state index in [9.17, 15) is 29.9 Å². The maximum atomic E-state index is 14.2. The molecule has 52 heavy (non-hydrogen) atoms. The summed E-state index contributed by atoms with van der Waals surface area (Å²) in [5, 5.41) is 41.8. The molecule has 0 radical (unpaired) electrons. The van der Waals surface area contributed by atoms with Crippen LogP contribution >= 0.6 is 0 Å². The number of nitrogens with zero attached hydrogens (tertiary/aromatic N) is 3. The summed E-state index contributed by atoms with van der Waals surface area (Å²) in [6.45, 7) is 13.4. The van der Waals surface area contributed by atoms with Crippen LogP contribution in [-0.2, 0) is 19.2 Å². The van der Waals surface area contributed by atoms with Gasteiger partial charge in [0, 0.05) is 67.8 Å². The number of ether oxygens (including phenoxy) is 1. The molecule has 13 heteroatoms. The molecule has 1 saturated heterocycles. The Hall–Kier alpha value is -1.90. The average molecular weight is 736 g/mol. The highest BCUT2D eigenvalue weighted by Gasteiger charge is 2.58. The first-order chi connectivity index (χ1) is 24.5. The van der Waals surface area contributed by atoms with Crippen LogP contribution in [-0.4, -0.2) is 120 Å². The van der Waals surface area contributed by atoms with Crippen molar-refractivity contribution >= 4 is 11.8 Å². The number of nitro groups is 1. The molecular formula is C39H69N5O8. The van der Waals surface area contributed by atoms with Gasteiger partial charge in [0.2, 0.25) is 17.9 Å². The van der Waals surface area contributed by atoms with Crippen molar-refractivity contribution in [3.8, 4) is 0 Å². The molecule has 5 saturated carbocycles. The highest BCUT2D eigenvalue weighted by Crippen LogP contribution is 2.61. The summed E-state index contributed by atoms with van der Waals surface area (Å²) >= 11 is 0. The number of hydroxylamine groups is 2. The minimum absolute atomic E-state index is 0.00119. The van der Waals surface area contributed by atoms with Crippen molar-refractivity contribution in [2.45, 2.75) is 135 Å². The summed E-state index contributed by atoms with van der Waals surface area (Å²) in [7, 11) is 5.63. The second-order valence-electron chi connectivity index (χ2n) is 18.5. The van der Waals surface area contributed by atoms with Crippen molar-refractivity contribution in [2.24, 2.45) is 58.7 Å². The molecular weight excluding hydrogens is 666 g/mol. The Labute approximate surface area is 311 Å². The summed E-state index contributed by atoms with van der Waals surface area (Å²) < 4.78 is 6.25. The summed E-state index contributed by atoms with van der Waals surface area (Å²) in [5.41, 5.74) is 0.282. The minimum atomic E-state index is -0.885. The van der Waals surface area contributed by atoms with Crippen LogP contribution in [0, 0.1) is 68.8 Å². The molecule has 0 aromatic heterocycles. The number of hydrogen-bond donors (Lipinski definition) is 4. The van der Waals surface area contributed by atoms with E-state index in [4.69, 9.17) is 9.57 Å². The molecule has 298 valence electrons. The zero-order valence-corrected chi connectivity index (χ0v) is 33.2. The highest BCUT2D eigenvalue weighted by atomic mass is 16.7. The van der Waals surface area contributed by atoms with Gasteiger partial charge in [-0.2, -0.15) is 5.06 Å². The standard InChI is InChI=1S/C39H69N5O8/c1-21(2)32(19-42(7)8)41-37(47)26-13-25(14-28(15-26)44(49)50)29-12-10-11-24(36(29)51-9)18-43-35(34(23(4)46)33(20-45)52-43)38(48)40-31-17-27-16-30(22(31)3)39(27,5)6/h21-36,45-46H,10-20H2,1-9H3,(H,40,48)(H,41,47)/t22-,23-,24?,25?,26?,27+,28?,29?,30-,31-,32+,33-,34-,35-,36?/m0/s1. The molecule has 4 N–H and O–H groups in total. The Morgan fingerprint density at radius 2 is 1.81 bits per heavy atom. The lowest BCUT2D eigenvalue weighted by Crippen LogP contribution is -2.62. The number of amides is 2. The third kappa shape index (κ3) is 8.49. The third-order valence-electron chi connectivity index (χ3n) is 14.4. The fourth-order valence-electron chi connectivity index (χ4n) is 11.3. The van der Waals surface area contributed by atoms with Gasteiger partial charge < -0.3 is 30.5 Å². The minimum Gasteiger partial charge on any atom is -0.394 e. The van der Waals surface area contributed by atoms with Crippen LogP contribution in [0.3, 0.4) is 0 Å². The van der Waals surface area contributed by atoms with E-state index >= 15 is 0 Å². The number of carbonyl (C=O) groups is 2. The van der Waals surface area contributed by atoms with E-state index in [1.807, 2.05) is 19.0 Å². The molecule has 6 unspecified atom stereocenters. The first-order valence-corrected chi connectivity index (χ1v) is 20.1. The molecule has 2 amide bonds. The molecule has 1 aliphatic heterocycles. The second-order valence-corrected chi connectivity index (χ2v) is 18.5. The number of carbonyl (C=O) groups excluding carboxylic acids is 2. The van der Waals surface area contributed by atoms with Crippen LogP contribution in [0.4, 0.5) is 0 Å². The maximum Gasteiger partial charge on any atom is 0.240 e. The van der Waals surface area contributed by atoms with Gasteiger partial charge in [0.15, 0.2) is 0 Å². The summed E-state index contributed by atoms with van der Waals surface area (Å²) in [6, 6.07) is -1.60. The molecule has 6 fully saturated rings. The van der Waals surface area contributed by atoms with Crippen LogP contribution in [0.25, 0.3) is 0 Å². The van der Waals surface area contributed by atoms with Gasteiger partial charge in [-0.3, -0.25) is 24.5 Å². The van der Waals surface area contributed by atoms with E-state index in [0.717, 1.165) is 25.7 Å². The quantitative estimate of drug-likeness (QED) is 0.154. The van der Waals surface area contributed by atoms with E-state index in [-0.39, 0.29) is 77.0 Å². The zero-order valence-electron chi connectivity index (χ0n) is 33.2. The summed E-state index contributed by atoms with van der Waals surface area (Å²) in [6.07, 6.45) is 4.01. The van der Waals surface area contributed by atoms with Gasteiger partial charge in [-0.25, -0.2) is 0 Å². The number of fused-ring (bicyclic) bond motifs is 2. The van der Waals surface area contributed by atoms with Crippen LogP contribution in [0.1, 0.15) is 92.9 Å². The highest BCUT2D eigenvalue weighted by molar-refractivity contribution is 5.83. The van der Waals surface area contributed by atoms with E-state index in [2.05, 4.69) is 45.3 Å². The monoisotopic (exact) mass is 736 g/mol. The summed E-state index contributed by atoms with van der Waals surface area (Å²) in [4.78, 5) is 48.4. The number of likely N-dealkylation sites (N-methyl/N-ethyl adjacent to an activating group) is 1. The fourth-order valence-corrected chi connectivity index (χ4v) is 11.3. The fraction of sp³-hybridized carbons (Fsp3) is 0.949. The lowest BCUT2D eigenvalue weighted by Gasteiger charge is -2.62. The molecule has 2 bridgehead atoms. The second kappa shape index (κ2) is 16.9. The molecule has 0 spiro atoms. The molecule has 6 aliphatic rings. The van der Waals surface area contributed by atoms with Gasteiger partial charge >= 0.3 is 0 Å². The first kappa shape index (κ1) is 41.3. The number of hydrogen-bond acceptors (Lipinski definition) is 10. The van der Waals surface area contributed by atoms with E-state index in [1.165, 1.54) is 6.42 Å². The Kier molecular flexibility index (Phi) is 13.4. The third-order valence-corrected chi connectivity index (χ3v) is 14.4. The molecule has 15 atom stereocenters. The van der Waals surface area contributed by atoms with Crippen LogP contribution in [0.2, 0.25) is 0 Å². The van der Waals surface area contributed by atoms with Gasteiger partial charge in [-0.1, -0.05) is 41.0 Å². The number of rotatable bonds is 14. The van der Waals surface area contributed by atoms with Gasteiger partial charge in [-0.15, -0.1) is 0 Å². The zero-order chi connectivity index (χ0) is 38.2.